The average molecular weight is 411 g/mol. The largest absolute Gasteiger partial charge is 0.391 e. The number of aliphatic hydroxyl groups is 1. The number of aryl methyl sites for hydroxylation is 1. The van der Waals surface area contributed by atoms with Crippen molar-refractivity contribution >= 4 is 11.8 Å². The van der Waals surface area contributed by atoms with E-state index in [1.807, 2.05) is 18.2 Å². The van der Waals surface area contributed by atoms with Gasteiger partial charge in [0.2, 0.25) is 11.8 Å². The Morgan fingerprint density at radius 1 is 1.07 bits per heavy atom. The summed E-state index contributed by atoms with van der Waals surface area (Å²) in [5.74, 6) is -1.17. The fourth-order valence-electron chi connectivity index (χ4n) is 4.04. The number of hydroxylamine groups is 1. The summed E-state index contributed by atoms with van der Waals surface area (Å²) in [4.78, 5) is 26.2. The first-order chi connectivity index (χ1) is 14.6. The zero-order chi connectivity index (χ0) is 21.3. The first-order valence-electron chi connectivity index (χ1n) is 10.6. The maximum Gasteiger partial charge on any atom is 0.244 e. The molecule has 3 N–H and O–H groups in total. The topological polar surface area (TPSA) is 89.9 Å². The molecule has 1 heterocycles. The van der Waals surface area contributed by atoms with Crippen LogP contribution >= 0.6 is 0 Å². The summed E-state index contributed by atoms with van der Waals surface area (Å²) in [7, 11) is 0. The molecule has 0 radical (unpaired) electrons. The summed E-state index contributed by atoms with van der Waals surface area (Å²) in [6.45, 7) is 0.922. The molecule has 1 saturated heterocycles. The Bertz CT molecular complexity index is 823. The second-order valence-electron chi connectivity index (χ2n) is 7.97. The van der Waals surface area contributed by atoms with E-state index in [0.717, 1.165) is 24.8 Å². The van der Waals surface area contributed by atoms with Gasteiger partial charge in [-0.05, 0) is 48.8 Å². The Morgan fingerprint density at radius 3 is 2.43 bits per heavy atom. The fourth-order valence-corrected chi connectivity index (χ4v) is 4.04. The molecule has 2 aromatic rings. The van der Waals surface area contributed by atoms with Gasteiger partial charge in [-0.2, -0.15) is 0 Å². The number of amides is 2. The minimum atomic E-state index is -0.557. The smallest absolute Gasteiger partial charge is 0.244 e. The summed E-state index contributed by atoms with van der Waals surface area (Å²) in [6.07, 6.45) is 3.04. The Balaban J connectivity index is 1.57. The molecular formula is C24H30N2O4. The molecule has 0 bridgehead atoms. The maximum absolute atomic E-state index is 12.9. The molecule has 0 aliphatic carbocycles. The Hall–Kier alpha value is -2.70. The van der Waals surface area contributed by atoms with Gasteiger partial charge in [0.25, 0.3) is 0 Å². The lowest BCUT2D eigenvalue weighted by Gasteiger charge is -2.32. The van der Waals surface area contributed by atoms with Crippen molar-refractivity contribution in [3.05, 3.63) is 60.2 Å². The lowest BCUT2D eigenvalue weighted by atomic mass is 9.93. The van der Waals surface area contributed by atoms with Gasteiger partial charge >= 0.3 is 0 Å². The second kappa shape index (κ2) is 10.9. The minimum absolute atomic E-state index is 0.0468. The van der Waals surface area contributed by atoms with Crippen molar-refractivity contribution in [3.8, 4) is 11.1 Å². The molecule has 1 aliphatic heterocycles. The summed E-state index contributed by atoms with van der Waals surface area (Å²) in [5.41, 5.74) is 5.15. The number of rotatable bonds is 8. The summed E-state index contributed by atoms with van der Waals surface area (Å²) >= 11 is 0. The number of aliphatic hydroxyl groups excluding tert-OH is 1. The number of carbonyl (C=O) groups excluding carboxylic acids is 2. The fraction of sp³-hybridized carbons (Fsp3) is 0.417. The molecule has 0 spiro atoms. The van der Waals surface area contributed by atoms with Gasteiger partial charge in [-0.15, -0.1) is 0 Å². The predicted octanol–water partition coefficient (Wildman–Crippen LogP) is 3.17. The van der Waals surface area contributed by atoms with Gasteiger partial charge in [0.05, 0.1) is 6.10 Å². The van der Waals surface area contributed by atoms with Gasteiger partial charge < -0.3 is 10.0 Å². The van der Waals surface area contributed by atoms with Gasteiger partial charge in [-0.3, -0.25) is 14.8 Å². The lowest BCUT2D eigenvalue weighted by Crippen LogP contribution is -2.45. The van der Waals surface area contributed by atoms with Crippen molar-refractivity contribution in [2.24, 2.45) is 5.92 Å². The van der Waals surface area contributed by atoms with E-state index in [-0.39, 0.29) is 12.3 Å². The van der Waals surface area contributed by atoms with E-state index in [1.165, 1.54) is 11.1 Å². The average Bonchev–Trinajstić information content (AvgIpc) is 2.79. The number of hydrogen-bond acceptors (Lipinski definition) is 4. The number of carbonyl (C=O) groups is 2. The highest BCUT2D eigenvalue weighted by atomic mass is 16.5. The van der Waals surface area contributed by atoms with Crippen LogP contribution in [0.4, 0.5) is 0 Å². The first kappa shape index (κ1) is 22.0. The summed E-state index contributed by atoms with van der Waals surface area (Å²) in [5, 5.41) is 18.7. The van der Waals surface area contributed by atoms with Crippen LogP contribution in [0.2, 0.25) is 0 Å². The molecule has 1 aliphatic rings. The normalized spacial score (nSPS) is 17.4. The number of β-amino-alcohol motifs (C(OH)–C–C–N with tert-alkyl or cyclic N) is 1. The van der Waals surface area contributed by atoms with Gasteiger partial charge in [-0.1, -0.05) is 54.6 Å². The number of nitrogens with zero attached hydrogens (tertiary/aromatic N) is 1. The van der Waals surface area contributed by atoms with Crippen molar-refractivity contribution in [1.29, 1.82) is 0 Å². The Labute approximate surface area is 177 Å². The molecule has 160 valence electrons. The number of hydrogen-bond donors (Lipinski definition) is 3. The second-order valence-corrected chi connectivity index (χ2v) is 7.97. The van der Waals surface area contributed by atoms with Crippen LogP contribution in [0.5, 0.6) is 0 Å². The molecule has 0 saturated carbocycles. The molecule has 3 rings (SSSR count). The quantitative estimate of drug-likeness (QED) is 0.461. The molecule has 6 heteroatoms. The van der Waals surface area contributed by atoms with Crippen LogP contribution in [-0.4, -0.2) is 46.2 Å². The van der Waals surface area contributed by atoms with E-state index in [9.17, 15) is 14.7 Å². The van der Waals surface area contributed by atoms with Gasteiger partial charge in [0.15, 0.2) is 0 Å². The van der Waals surface area contributed by atoms with E-state index in [1.54, 1.807) is 10.4 Å². The highest BCUT2D eigenvalue weighted by Crippen LogP contribution is 2.22. The first-order valence-corrected chi connectivity index (χ1v) is 10.6. The standard InChI is InChI=1S/C24H30N2O4/c27-22-10-5-15-26(17-22)24(29)21(16-23(28)25-30)9-4-6-18-11-13-20(14-12-18)19-7-2-1-3-8-19/h1-3,7-8,11-14,21-22,27,30H,4-6,9-10,15-17H2,(H,25,28). The third kappa shape index (κ3) is 6.15. The number of likely N-dealkylation sites (tertiary alicyclic amines) is 1. The molecule has 2 atom stereocenters. The molecule has 2 aromatic carbocycles. The third-order valence-corrected chi connectivity index (χ3v) is 5.69. The zero-order valence-corrected chi connectivity index (χ0v) is 17.2. The number of piperidine rings is 1. The van der Waals surface area contributed by atoms with Crippen LogP contribution < -0.4 is 5.48 Å². The van der Waals surface area contributed by atoms with E-state index >= 15 is 0 Å². The maximum atomic E-state index is 12.9. The van der Waals surface area contributed by atoms with E-state index in [4.69, 9.17) is 5.21 Å². The minimum Gasteiger partial charge on any atom is -0.391 e. The van der Waals surface area contributed by atoms with Gasteiger partial charge in [-0.25, -0.2) is 5.48 Å². The van der Waals surface area contributed by atoms with Crippen molar-refractivity contribution < 1.29 is 19.9 Å². The SMILES string of the molecule is O=C(CC(CCCc1ccc(-c2ccccc2)cc1)C(=O)N1CCCC(O)C1)NO. The van der Waals surface area contributed by atoms with E-state index < -0.39 is 17.9 Å². The molecule has 6 nitrogen and oxygen atoms in total. The van der Waals surface area contributed by atoms with Crippen LogP contribution in [0.25, 0.3) is 11.1 Å². The molecule has 30 heavy (non-hydrogen) atoms. The Kier molecular flexibility index (Phi) is 7.99. The van der Waals surface area contributed by atoms with E-state index in [0.29, 0.717) is 25.9 Å². The van der Waals surface area contributed by atoms with Gasteiger partial charge in [0, 0.05) is 25.4 Å². The van der Waals surface area contributed by atoms with Gasteiger partial charge in [0.1, 0.15) is 0 Å². The third-order valence-electron chi connectivity index (χ3n) is 5.69. The molecule has 1 fully saturated rings. The van der Waals surface area contributed by atoms with Crippen molar-refractivity contribution in [2.75, 3.05) is 13.1 Å². The monoisotopic (exact) mass is 410 g/mol. The highest BCUT2D eigenvalue weighted by molar-refractivity contribution is 5.85. The number of nitrogens with one attached hydrogen (secondary N) is 1. The molecule has 0 aromatic heterocycles. The van der Waals surface area contributed by atoms with Crippen molar-refractivity contribution in [1.82, 2.24) is 10.4 Å². The van der Waals surface area contributed by atoms with E-state index in [2.05, 4.69) is 36.4 Å². The summed E-state index contributed by atoms with van der Waals surface area (Å²) < 4.78 is 0. The van der Waals surface area contributed by atoms with Crippen LogP contribution in [-0.2, 0) is 16.0 Å². The van der Waals surface area contributed by atoms with Crippen LogP contribution in [0, 0.1) is 5.92 Å². The molecule has 2 unspecified atom stereocenters. The van der Waals surface area contributed by atoms with Crippen LogP contribution in [0.1, 0.15) is 37.7 Å². The Morgan fingerprint density at radius 2 is 1.77 bits per heavy atom. The predicted molar refractivity (Wildman–Crippen MR) is 115 cm³/mol. The van der Waals surface area contributed by atoms with Crippen LogP contribution in [0.15, 0.2) is 54.6 Å². The van der Waals surface area contributed by atoms with Crippen molar-refractivity contribution in [2.45, 2.75) is 44.6 Å². The lowest BCUT2D eigenvalue weighted by molar-refractivity contribution is -0.143. The molecule has 2 amide bonds. The highest BCUT2D eigenvalue weighted by Gasteiger charge is 2.29. The summed E-state index contributed by atoms with van der Waals surface area (Å²) in [6, 6.07) is 18.6. The zero-order valence-electron chi connectivity index (χ0n) is 17.2. The van der Waals surface area contributed by atoms with Crippen LogP contribution in [0.3, 0.4) is 0 Å². The number of benzene rings is 2. The molecular weight excluding hydrogens is 380 g/mol. The van der Waals surface area contributed by atoms with Crippen molar-refractivity contribution in [3.63, 3.8) is 0 Å².